The molecular formula is C13H14F3N3. The van der Waals surface area contributed by atoms with Crippen molar-refractivity contribution in [3.05, 3.63) is 53.1 Å². The molecule has 0 saturated carbocycles. The lowest BCUT2D eigenvalue weighted by Gasteiger charge is -2.10. The summed E-state index contributed by atoms with van der Waals surface area (Å²) < 4.78 is 40.9. The molecular weight excluding hydrogens is 255 g/mol. The van der Waals surface area contributed by atoms with Gasteiger partial charge in [-0.15, -0.1) is 0 Å². The number of benzene rings is 1. The van der Waals surface area contributed by atoms with Crippen molar-refractivity contribution in [1.82, 2.24) is 9.78 Å². The third-order valence-electron chi connectivity index (χ3n) is 2.83. The number of nitrogens with zero attached hydrogens (tertiary/aromatic N) is 2. The average Bonchev–Trinajstić information content (AvgIpc) is 2.83. The maximum absolute atomic E-state index is 13.2. The first-order valence-corrected chi connectivity index (χ1v) is 5.95. The Labute approximate surface area is 108 Å². The molecule has 0 saturated heterocycles. The van der Waals surface area contributed by atoms with Crippen LogP contribution in [0.1, 0.15) is 30.5 Å². The summed E-state index contributed by atoms with van der Waals surface area (Å²) in [6, 6.07) is 1.07. The van der Waals surface area contributed by atoms with E-state index in [1.165, 1.54) is 0 Å². The van der Waals surface area contributed by atoms with Crippen LogP contribution >= 0.6 is 0 Å². The van der Waals surface area contributed by atoms with Crippen LogP contribution < -0.4 is 5.73 Å². The van der Waals surface area contributed by atoms with Crippen LogP contribution in [0.15, 0.2) is 24.5 Å². The summed E-state index contributed by atoms with van der Waals surface area (Å²) in [7, 11) is 0. The molecule has 0 aliphatic rings. The lowest BCUT2D eigenvalue weighted by Crippen LogP contribution is -2.12. The fraction of sp³-hybridized carbons (Fsp3) is 0.308. The van der Waals surface area contributed by atoms with Gasteiger partial charge < -0.3 is 5.73 Å². The molecule has 1 heterocycles. The number of hydrogen-bond acceptors (Lipinski definition) is 2. The summed E-state index contributed by atoms with van der Waals surface area (Å²) >= 11 is 0. The third-order valence-corrected chi connectivity index (χ3v) is 2.83. The molecule has 102 valence electrons. The van der Waals surface area contributed by atoms with E-state index in [9.17, 15) is 13.2 Å². The van der Waals surface area contributed by atoms with Crippen LogP contribution in [0.25, 0.3) is 0 Å². The van der Waals surface area contributed by atoms with E-state index in [2.05, 4.69) is 5.10 Å². The fourth-order valence-electron chi connectivity index (χ4n) is 1.84. The molecule has 2 N–H and O–H groups in total. The van der Waals surface area contributed by atoms with Gasteiger partial charge in [-0.2, -0.15) is 5.10 Å². The van der Waals surface area contributed by atoms with Crippen LogP contribution in [-0.4, -0.2) is 9.78 Å². The van der Waals surface area contributed by atoms with Crippen LogP contribution in [0.3, 0.4) is 0 Å². The van der Waals surface area contributed by atoms with Crippen molar-refractivity contribution < 1.29 is 13.2 Å². The van der Waals surface area contributed by atoms with Crippen LogP contribution in [-0.2, 0) is 6.54 Å². The first kappa shape index (κ1) is 13.6. The highest BCUT2D eigenvalue weighted by molar-refractivity contribution is 5.30. The van der Waals surface area contributed by atoms with E-state index in [-0.39, 0.29) is 5.56 Å². The van der Waals surface area contributed by atoms with E-state index in [0.717, 1.165) is 25.1 Å². The number of hydrogen-bond donors (Lipinski definition) is 1. The molecule has 0 spiro atoms. The van der Waals surface area contributed by atoms with Gasteiger partial charge in [0.05, 0.1) is 12.2 Å². The minimum absolute atomic E-state index is 0.174. The smallest absolute Gasteiger partial charge is 0.194 e. The molecule has 0 fully saturated rings. The minimum Gasteiger partial charge on any atom is -0.320 e. The predicted molar refractivity (Wildman–Crippen MR) is 64.9 cm³/mol. The second kappa shape index (κ2) is 5.44. The van der Waals surface area contributed by atoms with E-state index >= 15 is 0 Å². The zero-order chi connectivity index (χ0) is 14.0. The summed E-state index contributed by atoms with van der Waals surface area (Å²) in [6.07, 6.45) is 4.17. The van der Waals surface area contributed by atoms with Gasteiger partial charge in [0.1, 0.15) is 0 Å². The Kier molecular flexibility index (Phi) is 3.90. The van der Waals surface area contributed by atoms with E-state index in [1.807, 2.05) is 6.92 Å². The number of rotatable bonds is 4. The van der Waals surface area contributed by atoms with Crippen molar-refractivity contribution in [3.63, 3.8) is 0 Å². The van der Waals surface area contributed by atoms with Gasteiger partial charge in [-0.25, -0.2) is 13.2 Å². The van der Waals surface area contributed by atoms with Gasteiger partial charge in [-0.05, 0) is 24.1 Å². The molecule has 3 nitrogen and oxygen atoms in total. The number of aryl methyl sites for hydroxylation is 1. The molecule has 2 rings (SSSR count). The Balaban J connectivity index is 2.30. The van der Waals surface area contributed by atoms with Crippen molar-refractivity contribution >= 4 is 0 Å². The van der Waals surface area contributed by atoms with Crippen molar-refractivity contribution in [1.29, 1.82) is 0 Å². The van der Waals surface area contributed by atoms with Crippen molar-refractivity contribution in [2.75, 3.05) is 0 Å². The van der Waals surface area contributed by atoms with Crippen LogP contribution in [0.5, 0.6) is 0 Å². The molecule has 2 aromatic rings. The first-order valence-electron chi connectivity index (χ1n) is 5.95. The normalized spacial score (nSPS) is 12.7. The fourth-order valence-corrected chi connectivity index (χ4v) is 1.84. The first-order chi connectivity index (χ1) is 9.02. The highest BCUT2D eigenvalue weighted by Crippen LogP contribution is 2.22. The van der Waals surface area contributed by atoms with Gasteiger partial charge in [0.2, 0.25) is 0 Å². The van der Waals surface area contributed by atoms with Crippen molar-refractivity contribution in [2.45, 2.75) is 25.9 Å². The van der Waals surface area contributed by atoms with Crippen molar-refractivity contribution in [3.8, 4) is 0 Å². The molecule has 6 heteroatoms. The Morgan fingerprint density at radius 2 is 1.84 bits per heavy atom. The van der Waals surface area contributed by atoms with Gasteiger partial charge in [0.25, 0.3) is 0 Å². The summed E-state index contributed by atoms with van der Waals surface area (Å²) in [5.74, 6) is -3.98. The number of nitrogens with two attached hydrogens (primary N) is 1. The molecule has 1 atom stereocenters. The molecule has 0 aliphatic carbocycles. The third kappa shape index (κ3) is 2.78. The Hall–Kier alpha value is -1.82. The summed E-state index contributed by atoms with van der Waals surface area (Å²) in [4.78, 5) is 0. The molecule has 1 aromatic heterocycles. The maximum Gasteiger partial charge on any atom is 0.194 e. The van der Waals surface area contributed by atoms with E-state index < -0.39 is 23.5 Å². The largest absolute Gasteiger partial charge is 0.320 e. The zero-order valence-electron chi connectivity index (χ0n) is 10.4. The van der Waals surface area contributed by atoms with E-state index in [0.29, 0.717) is 5.56 Å². The average molecular weight is 269 g/mol. The standard InChI is InChI=1S/C13H14F3N3/c1-2-3-19-7-9(6-18-19)13(17)8-4-10(14)12(16)11(15)5-8/h4-7,13H,2-3,17H2,1H3. The van der Waals surface area contributed by atoms with Crippen LogP contribution in [0, 0.1) is 17.5 Å². The minimum atomic E-state index is -1.49. The lowest BCUT2D eigenvalue weighted by molar-refractivity contribution is 0.444. The second-order valence-electron chi connectivity index (χ2n) is 4.31. The second-order valence-corrected chi connectivity index (χ2v) is 4.31. The Morgan fingerprint density at radius 1 is 1.21 bits per heavy atom. The van der Waals surface area contributed by atoms with Gasteiger partial charge in [0, 0.05) is 18.3 Å². The number of aromatic nitrogens is 2. The molecule has 1 aromatic carbocycles. The lowest BCUT2D eigenvalue weighted by atomic mass is 10.0. The van der Waals surface area contributed by atoms with Crippen LogP contribution in [0.4, 0.5) is 13.2 Å². The molecule has 0 radical (unpaired) electrons. The SMILES string of the molecule is CCCn1cc(C(N)c2cc(F)c(F)c(F)c2)cn1. The Morgan fingerprint density at radius 3 is 2.42 bits per heavy atom. The highest BCUT2D eigenvalue weighted by atomic mass is 19.2. The molecule has 0 bridgehead atoms. The van der Waals surface area contributed by atoms with Gasteiger partial charge in [-0.1, -0.05) is 6.92 Å². The molecule has 0 amide bonds. The van der Waals surface area contributed by atoms with Gasteiger partial charge >= 0.3 is 0 Å². The van der Waals surface area contributed by atoms with E-state index in [1.54, 1.807) is 17.1 Å². The quantitative estimate of drug-likeness (QED) is 0.867. The summed E-state index contributed by atoms with van der Waals surface area (Å²) in [6.45, 7) is 2.74. The molecule has 19 heavy (non-hydrogen) atoms. The van der Waals surface area contributed by atoms with Crippen LogP contribution in [0.2, 0.25) is 0 Å². The van der Waals surface area contributed by atoms with Gasteiger partial charge in [-0.3, -0.25) is 4.68 Å². The van der Waals surface area contributed by atoms with Crippen molar-refractivity contribution in [2.24, 2.45) is 5.73 Å². The summed E-state index contributed by atoms with van der Waals surface area (Å²) in [5, 5.41) is 4.09. The predicted octanol–water partition coefficient (Wildman–Crippen LogP) is 2.76. The highest BCUT2D eigenvalue weighted by Gasteiger charge is 2.17. The topological polar surface area (TPSA) is 43.8 Å². The van der Waals surface area contributed by atoms with Gasteiger partial charge in [0.15, 0.2) is 17.5 Å². The monoisotopic (exact) mass is 269 g/mol. The molecule has 1 unspecified atom stereocenters. The Bertz CT molecular complexity index is 557. The van der Waals surface area contributed by atoms with E-state index in [4.69, 9.17) is 5.73 Å². The number of halogens is 3. The summed E-state index contributed by atoms with van der Waals surface area (Å²) in [5.41, 5.74) is 6.70. The zero-order valence-corrected chi connectivity index (χ0v) is 10.4. The molecule has 0 aliphatic heterocycles. The maximum atomic E-state index is 13.2.